The van der Waals surface area contributed by atoms with Crippen LogP contribution in [0.2, 0.25) is 0 Å². The number of hydrogen-bond donors (Lipinski definition) is 2. The highest BCUT2D eigenvalue weighted by molar-refractivity contribution is 5.90. The van der Waals surface area contributed by atoms with Crippen LogP contribution >= 0.6 is 0 Å². The Hall–Kier alpha value is -5.12. The molecule has 0 aliphatic carbocycles. The predicted octanol–water partition coefficient (Wildman–Crippen LogP) is 7.74. The molecule has 3 aromatic rings. The van der Waals surface area contributed by atoms with Gasteiger partial charge in [0.15, 0.2) is 12.4 Å². The second-order valence-corrected chi connectivity index (χ2v) is 11.3. The normalized spacial score (nSPS) is 16.9. The molecule has 0 saturated carbocycles. The van der Waals surface area contributed by atoms with Crippen LogP contribution in [0.1, 0.15) is 78.3 Å². The lowest BCUT2D eigenvalue weighted by Crippen LogP contribution is -2.48. The van der Waals surface area contributed by atoms with Gasteiger partial charge in [-0.2, -0.15) is 44.8 Å². The third-order valence-corrected chi connectivity index (χ3v) is 7.71. The van der Waals surface area contributed by atoms with E-state index >= 15 is 0 Å². The molecule has 0 bridgehead atoms. The minimum absolute atomic E-state index is 0.0451. The molecule has 51 heavy (non-hydrogen) atoms. The fraction of sp³-hybridized carbons (Fsp3) is 0.406. The van der Waals surface area contributed by atoms with Gasteiger partial charge in [0.2, 0.25) is 0 Å². The number of rotatable bonds is 11. The predicted molar refractivity (Wildman–Crippen MR) is 158 cm³/mol. The van der Waals surface area contributed by atoms with E-state index in [0.29, 0.717) is 24.3 Å². The highest BCUT2D eigenvalue weighted by Gasteiger charge is 2.42. The van der Waals surface area contributed by atoms with Crippen molar-refractivity contribution >= 4 is 17.7 Å². The Labute approximate surface area is 283 Å². The Morgan fingerprint density at radius 2 is 1.69 bits per heavy atom. The van der Waals surface area contributed by atoms with Crippen LogP contribution in [0.15, 0.2) is 48.8 Å². The van der Waals surface area contributed by atoms with Gasteiger partial charge < -0.3 is 14.6 Å². The molecule has 1 aromatic heterocycles. The monoisotopic (exact) mass is 733 g/mol. The van der Waals surface area contributed by atoms with Gasteiger partial charge >= 0.3 is 30.6 Å². The summed E-state index contributed by atoms with van der Waals surface area (Å²) in [5.74, 6) is -1.22. The number of halogens is 9. The number of fused-ring (bicyclic) bond motifs is 1. The molecule has 0 saturated heterocycles. The fourth-order valence-electron chi connectivity index (χ4n) is 5.43. The maximum Gasteiger partial charge on any atom is 0.422 e. The first-order chi connectivity index (χ1) is 23.8. The third-order valence-electron chi connectivity index (χ3n) is 7.71. The van der Waals surface area contributed by atoms with Crippen molar-refractivity contribution in [1.82, 2.24) is 15.3 Å². The van der Waals surface area contributed by atoms with E-state index in [1.807, 2.05) is 0 Å². The summed E-state index contributed by atoms with van der Waals surface area (Å²) in [6.07, 6.45) is -14.2. The quantitative estimate of drug-likeness (QED) is 0.150. The molecule has 1 aliphatic rings. The zero-order valence-electron chi connectivity index (χ0n) is 26.4. The summed E-state index contributed by atoms with van der Waals surface area (Å²) in [7, 11) is 0. The average Bonchev–Trinajstić information content (AvgIpc) is 3.06. The summed E-state index contributed by atoms with van der Waals surface area (Å²) in [5.41, 5.74) is -3.53. The zero-order chi connectivity index (χ0) is 37.7. The third kappa shape index (κ3) is 9.99. The van der Waals surface area contributed by atoms with Gasteiger partial charge in [0.25, 0.3) is 0 Å². The Balaban J connectivity index is 1.83. The van der Waals surface area contributed by atoms with E-state index in [2.05, 4.69) is 20.0 Å². The van der Waals surface area contributed by atoms with Crippen molar-refractivity contribution in [2.24, 2.45) is 0 Å². The molecule has 0 spiro atoms. The molecule has 1 amide bonds. The number of carboxylic acids is 1. The molecule has 2 N–H and O–H groups in total. The van der Waals surface area contributed by atoms with Gasteiger partial charge in [-0.3, -0.25) is 15.0 Å². The lowest BCUT2D eigenvalue weighted by atomic mass is 9.87. The maximum atomic E-state index is 13.9. The maximum absolute atomic E-state index is 13.9. The minimum atomic E-state index is -4.93. The first-order valence-electron chi connectivity index (χ1n) is 15.1. The number of hydrogen-bond acceptors (Lipinski definition) is 8. The molecule has 4 rings (SSSR count). The van der Waals surface area contributed by atoms with Crippen molar-refractivity contribution in [3.8, 4) is 11.8 Å². The molecule has 1 aliphatic heterocycles. The highest BCUT2D eigenvalue weighted by Crippen LogP contribution is 2.44. The first-order valence-corrected chi connectivity index (χ1v) is 15.1. The number of nitrogens with zero attached hydrogens (tertiary/aromatic N) is 4. The van der Waals surface area contributed by atoms with Crippen molar-refractivity contribution in [2.75, 3.05) is 18.1 Å². The number of ether oxygens (including phenoxy) is 2. The Morgan fingerprint density at radius 1 is 1.02 bits per heavy atom. The van der Waals surface area contributed by atoms with Gasteiger partial charge in [-0.15, -0.1) is 0 Å². The van der Waals surface area contributed by atoms with E-state index in [9.17, 15) is 54.4 Å². The van der Waals surface area contributed by atoms with Crippen LogP contribution in [0.25, 0.3) is 0 Å². The zero-order valence-corrected chi connectivity index (χ0v) is 26.4. The summed E-state index contributed by atoms with van der Waals surface area (Å²) in [4.78, 5) is 32.9. The first kappa shape index (κ1) is 38.7. The standard InChI is InChI=1S/C32H28F9N5O5/c1-2-21-12-24(23-11-19(31(36,37)38)5-6-25(23)46(21)29(49)51-16-30(33,34)35)45-27(18-8-17(13-42)9-20(10-18)32(39,40)41)28-43-14-22(15-44-28)50-7-3-4-26(47)48/h5-6,8-11,14-15,21,24,27,45H,2-4,7,12,16H2,1H3,(H,47,48)/t21-,24+,27?/m1/s1. The number of aromatic nitrogens is 2. The van der Waals surface area contributed by atoms with Gasteiger partial charge in [-0.25, -0.2) is 14.8 Å². The summed E-state index contributed by atoms with van der Waals surface area (Å²) in [6, 6.07) is 2.59. The number of nitriles is 1. The van der Waals surface area contributed by atoms with Crippen LogP contribution in [0.5, 0.6) is 5.75 Å². The molecule has 2 heterocycles. The van der Waals surface area contributed by atoms with Crippen LogP contribution in [-0.4, -0.2) is 52.6 Å². The summed E-state index contributed by atoms with van der Waals surface area (Å²) < 4.78 is 132. The minimum Gasteiger partial charge on any atom is -0.490 e. The van der Waals surface area contributed by atoms with Gasteiger partial charge in [-0.1, -0.05) is 6.92 Å². The second kappa shape index (κ2) is 15.4. The summed E-state index contributed by atoms with van der Waals surface area (Å²) in [6.45, 7) is -0.453. The molecule has 1 unspecified atom stereocenters. The number of anilines is 1. The fourth-order valence-corrected chi connectivity index (χ4v) is 5.43. The van der Waals surface area contributed by atoms with Crippen LogP contribution in [0.3, 0.4) is 0 Å². The number of carboxylic acid groups (broad SMARTS) is 1. The Kier molecular flexibility index (Phi) is 11.7. The van der Waals surface area contributed by atoms with E-state index in [0.717, 1.165) is 29.4 Å². The van der Waals surface area contributed by atoms with Gasteiger partial charge in [0.1, 0.15) is 5.82 Å². The lowest BCUT2D eigenvalue weighted by molar-refractivity contribution is -0.160. The molecule has 3 atom stereocenters. The highest BCUT2D eigenvalue weighted by atomic mass is 19.4. The van der Waals surface area contributed by atoms with Crippen molar-refractivity contribution in [2.45, 2.75) is 69.3 Å². The molecule has 0 radical (unpaired) electrons. The SMILES string of the molecule is CC[C@@H]1C[C@H](NC(c2cc(C#N)cc(C(F)(F)F)c2)c2ncc(OCCCC(=O)O)cn2)c2cc(C(F)(F)F)ccc2N1C(=O)OCC(F)(F)F. The number of nitrogens with one attached hydrogen (secondary N) is 1. The van der Waals surface area contributed by atoms with Crippen molar-refractivity contribution in [3.05, 3.63) is 82.4 Å². The number of aliphatic carboxylic acids is 1. The van der Waals surface area contributed by atoms with Gasteiger partial charge in [0.05, 0.1) is 53.5 Å². The smallest absolute Gasteiger partial charge is 0.422 e. The summed E-state index contributed by atoms with van der Waals surface area (Å²) in [5, 5.41) is 21.3. The molecule has 2 aromatic carbocycles. The Bertz CT molecular complexity index is 1760. The largest absolute Gasteiger partial charge is 0.490 e. The van der Waals surface area contributed by atoms with Gasteiger partial charge in [0, 0.05) is 18.5 Å². The van der Waals surface area contributed by atoms with Crippen LogP contribution in [0, 0.1) is 11.3 Å². The Morgan fingerprint density at radius 3 is 2.25 bits per heavy atom. The molecular formula is C32H28F9N5O5. The second-order valence-electron chi connectivity index (χ2n) is 11.3. The van der Waals surface area contributed by atoms with Crippen molar-refractivity contribution in [3.63, 3.8) is 0 Å². The van der Waals surface area contributed by atoms with Crippen LogP contribution in [0.4, 0.5) is 50.0 Å². The molecular weight excluding hydrogens is 705 g/mol. The topological polar surface area (TPSA) is 138 Å². The van der Waals surface area contributed by atoms with Crippen LogP contribution < -0.4 is 15.0 Å². The molecule has 274 valence electrons. The number of alkyl halides is 9. The van der Waals surface area contributed by atoms with Crippen molar-refractivity contribution < 1.29 is 63.7 Å². The van der Waals surface area contributed by atoms with Crippen LogP contribution in [-0.2, 0) is 21.9 Å². The van der Waals surface area contributed by atoms with E-state index in [1.165, 1.54) is 0 Å². The molecule has 10 nitrogen and oxygen atoms in total. The number of amides is 1. The average molecular weight is 734 g/mol. The molecule has 19 heteroatoms. The van der Waals surface area contributed by atoms with E-state index in [1.54, 1.807) is 13.0 Å². The summed E-state index contributed by atoms with van der Waals surface area (Å²) >= 11 is 0. The lowest BCUT2D eigenvalue weighted by Gasteiger charge is -2.41. The number of carbonyl (C=O) groups excluding carboxylic acids is 1. The van der Waals surface area contributed by atoms with Crippen molar-refractivity contribution in [1.29, 1.82) is 5.26 Å². The van der Waals surface area contributed by atoms with E-state index in [4.69, 9.17) is 9.84 Å². The van der Waals surface area contributed by atoms with E-state index < -0.39 is 72.0 Å². The van der Waals surface area contributed by atoms with E-state index in [-0.39, 0.29) is 60.7 Å². The van der Waals surface area contributed by atoms with Gasteiger partial charge in [-0.05, 0) is 66.8 Å². The number of benzene rings is 2. The molecule has 0 fully saturated rings. The number of carbonyl (C=O) groups is 2.